The molecule has 0 aromatic heterocycles. The van der Waals surface area contributed by atoms with E-state index in [1.165, 1.54) is 6.07 Å². The van der Waals surface area contributed by atoms with E-state index in [9.17, 15) is 19.5 Å². The fraction of sp³-hybridized carbons (Fsp3) is 0.357. The summed E-state index contributed by atoms with van der Waals surface area (Å²) in [4.78, 5) is 36.3. The molecule has 0 spiro atoms. The Kier molecular flexibility index (Phi) is 4.23. The molecule has 21 heavy (non-hydrogen) atoms. The summed E-state index contributed by atoms with van der Waals surface area (Å²) in [5, 5.41) is 11.5. The second kappa shape index (κ2) is 5.92. The molecule has 1 aliphatic heterocycles. The Morgan fingerprint density at radius 3 is 2.81 bits per heavy atom. The lowest BCUT2D eigenvalue weighted by Crippen LogP contribution is -2.57. The standard InChI is InChI=1S/C14H17N3O4/c1-2-10-13(19)16-11(18)7-17(10)6-8-4-3-5-9(15)12(8)14(20)21/h3-5,10H,2,6-7,15H2,1H3,(H,20,21)(H,16,18,19). The number of carbonyl (C=O) groups is 3. The first-order valence-corrected chi connectivity index (χ1v) is 6.62. The monoisotopic (exact) mass is 291 g/mol. The van der Waals surface area contributed by atoms with E-state index in [1.54, 1.807) is 17.0 Å². The summed E-state index contributed by atoms with van der Waals surface area (Å²) in [6, 6.07) is 4.36. The molecule has 0 aliphatic carbocycles. The Labute approximate surface area is 121 Å². The lowest BCUT2D eigenvalue weighted by molar-refractivity contribution is -0.140. The molecule has 1 fully saturated rings. The number of nitrogens with two attached hydrogens (primary N) is 1. The number of rotatable bonds is 4. The first-order valence-electron chi connectivity index (χ1n) is 6.62. The van der Waals surface area contributed by atoms with E-state index in [2.05, 4.69) is 5.32 Å². The average molecular weight is 291 g/mol. The highest BCUT2D eigenvalue weighted by atomic mass is 16.4. The molecular weight excluding hydrogens is 274 g/mol. The molecule has 1 saturated heterocycles. The van der Waals surface area contributed by atoms with E-state index in [4.69, 9.17) is 5.73 Å². The van der Waals surface area contributed by atoms with Crippen molar-refractivity contribution in [1.29, 1.82) is 0 Å². The average Bonchev–Trinajstić information content (AvgIpc) is 2.37. The summed E-state index contributed by atoms with van der Waals surface area (Å²) in [6.45, 7) is 2.08. The maximum Gasteiger partial charge on any atom is 0.338 e. The van der Waals surface area contributed by atoms with Crippen LogP contribution in [-0.2, 0) is 16.1 Å². The second-order valence-electron chi connectivity index (χ2n) is 4.93. The van der Waals surface area contributed by atoms with Gasteiger partial charge in [-0.1, -0.05) is 19.1 Å². The molecule has 1 aromatic carbocycles. The van der Waals surface area contributed by atoms with Crippen LogP contribution < -0.4 is 11.1 Å². The highest BCUT2D eigenvalue weighted by molar-refractivity contribution is 6.01. The molecule has 4 N–H and O–H groups in total. The van der Waals surface area contributed by atoms with E-state index in [1.807, 2.05) is 6.92 Å². The van der Waals surface area contributed by atoms with Crippen molar-refractivity contribution >= 4 is 23.5 Å². The minimum Gasteiger partial charge on any atom is -0.478 e. The van der Waals surface area contributed by atoms with Gasteiger partial charge >= 0.3 is 5.97 Å². The molecule has 7 nitrogen and oxygen atoms in total. The molecule has 0 radical (unpaired) electrons. The molecule has 0 bridgehead atoms. The van der Waals surface area contributed by atoms with Crippen LogP contribution >= 0.6 is 0 Å². The number of hydrogen-bond donors (Lipinski definition) is 3. The summed E-state index contributed by atoms with van der Waals surface area (Å²) in [6.07, 6.45) is 0.532. The van der Waals surface area contributed by atoms with Gasteiger partial charge in [0.15, 0.2) is 0 Å². The lowest BCUT2D eigenvalue weighted by atomic mass is 10.0. The second-order valence-corrected chi connectivity index (χ2v) is 4.93. The van der Waals surface area contributed by atoms with Gasteiger partial charge in [0, 0.05) is 12.2 Å². The predicted molar refractivity (Wildman–Crippen MR) is 75.5 cm³/mol. The number of amides is 2. The third kappa shape index (κ3) is 3.03. The summed E-state index contributed by atoms with van der Waals surface area (Å²) in [7, 11) is 0. The van der Waals surface area contributed by atoms with Crippen LogP contribution in [0.2, 0.25) is 0 Å². The zero-order valence-electron chi connectivity index (χ0n) is 11.6. The highest BCUT2D eigenvalue weighted by Gasteiger charge is 2.33. The van der Waals surface area contributed by atoms with Crippen LogP contribution in [0.15, 0.2) is 18.2 Å². The number of carboxylic acid groups (broad SMARTS) is 1. The highest BCUT2D eigenvalue weighted by Crippen LogP contribution is 2.21. The zero-order valence-corrected chi connectivity index (χ0v) is 11.6. The first kappa shape index (κ1) is 15.0. The van der Waals surface area contributed by atoms with Gasteiger partial charge in [0.2, 0.25) is 11.8 Å². The van der Waals surface area contributed by atoms with E-state index in [-0.39, 0.29) is 36.2 Å². The molecule has 2 amide bonds. The van der Waals surface area contributed by atoms with Crippen molar-refractivity contribution in [3.8, 4) is 0 Å². The van der Waals surface area contributed by atoms with Gasteiger partial charge in [-0.15, -0.1) is 0 Å². The van der Waals surface area contributed by atoms with Crippen LogP contribution in [0.4, 0.5) is 5.69 Å². The fourth-order valence-corrected chi connectivity index (χ4v) is 2.56. The van der Waals surface area contributed by atoms with E-state index in [0.29, 0.717) is 12.0 Å². The normalized spacial score (nSPS) is 19.4. The topological polar surface area (TPSA) is 113 Å². The summed E-state index contributed by atoms with van der Waals surface area (Å²) >= 11 is 0. The number of aromatic carboxylic acids is 1. The van der Waals surface area contributed by atoms with E-state index in [0.717, 1.165) is 0 Å². The molecule has 1 aliphatic rings. The van der Waals surface area contributed by atoms with Gasteiger partial charge in [-0.25, -0.2) is 4.79 Å². The Morgan fingerprint density at radius 1 is 1.48 bits per heavy atom. The zero-order chi connectivity index (χ0) is 15.6. The Morgan fingerprint density at radius 2 is 2.19 bits per heavy atom. The largest absolute Gasteiger partial charge is 0.478 e. The minimum absolute atomic E-state index is 0.0192. The predicted octanol–water partition coefficient (Wildman–Crippen LogP) is 0.204. The Hall–Kier alpha value is -2.41. The number of nitrogen functional groups attached to an aromatic ring is 1. The number of imide groups is 1. The molecule has 0 saturated carbocycles. The van der Waals surface area contributed by atoms with Crippen LogP contribution in [0.1, 0.15) is 29.3 Å². The van der Waals surface area contributed by atoms with Crippen LogP contribution in [0.3, 0.4) is 0 Å². The number of carbonyl (C=O) groups excluding carboxylic acids is 2. The molecule has 1 heterocycles. The van der Waals surface area contributed by atoms with Crippen molar-refractivity contribution in [2.75, 3.05) is 12.3 Å². The summed E-state index contributed by atoms with van der Waals surface area (Å²) < 4.78 is 0. The van der Waals surface area contributed by atoms with Crippen molar-refractivity contribution < 1.29 is 19.5 Å². The van der Waals surface area contributed by atoms with Crippen molar-refractivity contribution in [3.05, 3.63) is 29.3 Å². The Balaban J connectivity index is 2.32. The van der Waals surface area contributed by atoms with Gasteiger partial charge in [-0.3, -0.25) is 19.8 Å². The summed E-state index contributed by atoms with van der Waals surface area (Å²) in [5.41, 5.74) is 6.38. The number of hydrogen-bond acceptors (Lipinski definition) is 5. The first-order chi connectivity index (χ1) is 9.93. The van der Waals surface area contributed by atoms with Crippen molar-refractivity contribution in [2.24, 2.45) is 0 Å². The van der Waals surface area contributed by atoms with E-state index >= 15 is 0 Å². The van der Waals surface area contributed by atoms with Crippen molar-refractivity contribution in [2.45, 2.75) is 25.9 Å². The van der Waals surface area contributed by atoms with Gasteiger partial charge in [0.25, 0.3) is 0 Å². The number of benzene rings is 1. The lowest BCUT2D eigenvalue weighted by Gasteiger charge is -2.33. The molecule has 112 valence electrons. The fourth-order valence-electron chi connectivity index (χ4n) is 2.56. The van der Waals surface area contributed by atoms with Crippen LogP contribution in [0.25, 0.3) is 0 Å². The molecule has 7 heteroatoms. The molecule has 2 rings (SSSR count). The van der Waals surface area contributed by atoms with Gasteiger partial charge in [0.1, 0.15) is 0 Å². The molecule has 1 unspecified atom stereocenters. The number of nitrogens with zero attached hydrogens (tertiary/aromatic N) is 1. The molecule has 1 aromatic rings. The van der Waals surface area contributed by atoms with Gasteiger partial charge < -0.3 is 10.8 Å². The number of nitrogens with one attached hydrogen (secondary N) is 1. The van der Waals surface area contributed by atoms with Crippen LogP contribution in [0.5, 0.6) is 0 Å². The maximum absolute atomic E-state index is 11.8. The SMILES string of the molecule is CCC1C(=O)NC(=O)CN1Cc1cccc(N)c1C(=O)O. The summed E-state index contributed by atoms with van der Waals surface area (Å²) in [5.74, 6) is -1.86. The Bertz CT molecular complexity index is 600. The minimum atomic E-state index is -1.12. The number of anilines is 1. The smallest absolute Gasteiger partial charge is 0.338 e. The third-order valence-electron chi connectivity index (χ3n) is 3.51. The number of carboxylic acids is 1. The van der Waals surface area contributed by atoms with Gasteiger partial charge in [-0.05, 0) is 18.1 Å². The van der Waals surface area contributed by atoms with Gasteiger partial charge in [-0.2, -0.15) is 0 Å². The molecule has 1 atom stereocenters. The van der Waals surface area contributed by atoms with Crippen molar-refractivity contribution in [3.63, 3.8) is 0 Å². The van der Waals surface area contributed by atoms with Crippen LogP contribution in [0, 0.1) is 0 Å². The maximum atomic E-state index is 11.8. The van der Waals surface area contributed by atoms with E-state index < -0.39 is 12.0 Å². The quantitative estimate of drug-likeness (QED) is 0.539. The van der Waals surface area contributed by atoms with Crippen LogP contribution in [-0.4, -0.2) is 40.4 Å². The third-order valence-corrected chi connectivity index (χ3v) is 3.51. The molecular formula is C14H17N3O4. The van der Waals surface area contributed by atoms with Gasteiger partial charge in [0.05, 0.1) is 18.2 Å². The number of piperazine rings is 1. The van der Waals surface area contributed by atoms with Crippen molar-refractivity contribution in [1.82, 2.24) is 10.2 Å².